The number of carboxylic acid groups (broad SMARTS) is 1. The molecule has 0 heterocycles. The van der Waals surface area contributed by atoms with Crippen molar-refractivity contribution in [3.63, 3.8) is 0 Å². The summed E-state index contributed by atoms with van der Waals surface area (Å²) in [7, 11) is 0. The second kappa shape index (κ2) is 10.1. The number of esters is 1. The lowest BCUT2D eigenvalue weighted by molar-refractivity contribution is -0.153. The van der Waals surface area contributed by atoms with Crippen molar-refractivity contribution in [1.82, 2.24) is 5.32 Å². The van der Waals surface area contributed by atoms with Crippen molar-refractivity contribution < 1.29 is 29.0 Å². The quantitative estimate of drug-likeness (QED) is 0.497. The molecule has 1 amide bonds. The Morgan fingerprint density at radius 1 is 1.09 bits per heavy atom. The summed E-state index contributed by atoms with van der Waals surface area (Å²) in [5.41, 5.74) is -0.594. The van der Waals surface area contributed by atoms with Crippen LogP contribution >= 0.6 is 0 Å². The number of amides is 1. The minimum Gasteiger partial charge on any atom is -0.481 e. The van der Waals surface area contributed by atoms with Crippen LogP contribution in [0, 0.1) is 17.3 Å². The third-order valence-electron chi connectivity index (χ3n) is 2.97. The fraction of sp³-hybridized carbons (Fsp3) is 0.812. The van der Waals surface area contributed by atoms with E-state index >= 15 is 0 Å². The lowest BCUT2D eigenvalue weighted by atomic mass is 9.94. The number of hydrogen-bond acceptors (Lipinski definition) is 5. The number of alkyl carbamates (subject to hydrolysis) is 1. The van der Waals surface area contributed by atoms with Crippen LogP contribution in [0.15, 0.2) is 0 Å². The van der Waals surface area contributed by atoms with Gasteiger partial charge in [0.15, 0.2) is 0 Å². The number of carboxylic acids is 1. The zero-order valence-electron chi connectivity index (χ0n) is 14.7. The van der Waals surface area contributed by atoms with E-state index in [2.05, 4.69) is 5.32 Å². The van der Waals surface area contributed by atoms with Gasteiger partial charge in [0.05, 0.1) is 5.41 Å². The lowest BCUT2D eigenvalue weighted by Gasteiger charge is -2.18. The summed E-state index contributed by atoms with van der Waals surface area (Å²) in [5, 5.41) is 11.4. The van der Waals surface area contributed by atoms with Crippen LogP contribution in [-0.2, 0) is 19.1 Å². The molecule has 0 fully saturated rings. The van der Waals surface area contributed by atoms with Gasteiger partial charge in [-0.2, -0.15) is 0 Å². The maximum absolute atomic E-state index is 11.5. The zero-order chi connectivity index (χ0) is 18.0. The van der Waals surface area contributed by atoms with Crippen molar-refractivity contribution in [3.05, 3.63) is 0 Å². The van der Waals surface area contributed by atoms with Crippen LogP contribution in [-0.4, -0.2) is 42.9 Å². The highest BCUT2D eigenvalue weighted by molar-refractivity contribution is 5.75. The molecular formula is C16H29NO6. The van der Waals surface area contributed by atoms with Gasteiger partial charge in [-0.1, -0.05) is 13.8 Å². The van der Waals surface area contributed by atoms with E-state index in [9.17, 15) is 14.4 Å². The lowest BCUT2D eigenvalue weighted by Crippen LogP contribution is -2.32. The van der Waals surface area contributed by atoms with E-state index in [1.807, 2.05) is 13.8 Å². The van der Waals surface area contributed by atoms with Crippen LogP contribution < -0.4 is 5.32 Å². The Bertz CT molecular complexity index is 400. The predicted molar refractivity (Wildman–Crippen MR) is 85.0 cm³/mol. The highest BCUT2D eigenvalue weighted by Crippen LogP contribution is 2.15. The summed E-state index contributed by atoms with van der Waals surface area (Å²) in [4.78, 5) is 33.8. The summed E-state index contributed by atoms with van der Waals surface area (Å²) in [5.74, 6) is -1.05. The first-order valence-electron chi connectivity index (χ1n) is 7.82. The van der Waals surface area contributed by atoms with Gasteiger partial charge in [0, 0.05) is 13.0 Å². The van der Waals surface area contributed by atoms with Crippen LogP contribution in [0.25, 0.3) is 0 Å². The molecule has 1 unspecified atom stereocenters. The van der Waals surface area contributed by atoms with Crippen LogP contribution in [0.2, 0.25) is 0 Å². The third-order valence-corrected chi connectivity index (χ3v) is 2.97. The van der Waals surface area contributed by atoms with E-state index in [-0.39, 0.29) is 38.1 Å². The number of hydrogen-bond donors (Lipinski definition) is 2. The van der Waals surface area contributed by atoms with Crippen molar-refractivity contribution in [3.8, 4) is 0 Å². The molecule has 0 rings (SSSR count). The van der Waals surface area contributed by atoms with E-state index in [4.69, 9.17) is 14.6 Å². The van der Waals surface area contributed by atoms with E-state index in [1.54, 1.807) is 20.8 Å². The molecule has 0 aliphatic carbocycles. The van der Waals surface area contributed by atoms with Crippen LogP contribution in [0.4, 0.5) is 4.79 Å². The molecule has 0 aromatic rings. The van der Waals surface area contributed by atoms with E-state index in [0.29, 0.717) is 12.3 Å². The highest BCUT2D eigenvalue weighted by Gasteiger charge is 2.23. The molecule has 2 N–H and O–H groups in total. The van der Waals surface area contributed by atoms with Gasteiger partial charge in [0.1, 0.15) is 13.2 Å². The molecule has 23 heavy (non-hydrogen) atoms. The fourth-order valence-corrected chi connectivity index (χ4v) is 1.92. The van der Waals surface area contributed by atoms with E-state index in [0.717, 1.165) is 0 Å². The van der Waals surface area contributed by atoms with Crippen molar-refractivity contribution in [2.75, 3.05) is 19.8 Å². The molecule has 7 heteroatoms. The molecule has 1 atom stereocenters. The smallest absolute Gasteiger partial charge is 0.407 e. The van der Waals surface area contributed by atoms with Gasteiger partial charge in [-0.25, -0.2) is 4.79 Å². The van der Waals surface area contributed by atoms with Gasteiger partial charge in [-0.3, -0.25) is 9.59 Å². The third kappa shape index (κ3) is 11.4. The summed E-state index contributed by atoms with van der Waals surface area (Å²) < 4.78 is 9.86. The Morgan fingerprint density at radius 3 is 2.13 bits per heavy atom. The van der Waals surface area contributed by atoms with E-state index in [1.165, 1.54) is 0 Å². The van der Waals surface area contributed by atoms with Gasteiger partial charge in [-0.15, -0.1) is 0 Å². The number of aliphatic carboxylic acids is 1. The number of carbonyl (C=O) groups excluding carboxylic acids is 2. The standard InChI is InChI=1S/C16H29NO6/c1-11(2)8-12(9-13(18)19)10-17-15(21)23-7-6-22-14(20)16(3,4)5/h11-12H,6-10H2,1-5H3,(H,17,21)(H,18,19). The molecule has 0 saturated carbocycles. The summed E-state index contributed by atoms with van der Waals surface area (Å²) in [6, 6.07) is 0. The van der Waals surface area contributed by atoms with Crippen LogP contribution in [0.3, 0.4) is 0 Å². The van der Waals surface area contributed by atoms with Crippen molar-refractivity contribution in [1.29, 1.82) is 0 Å². The summed E-state index contributed by atoms with van der Waals surface area (Å²) in [6.45, 7) is 9.40. The second-order valence-electron chi connectivity index (χ2n) is 7.00. The van der Waals surface area contributed by atoms with Crippen LogP contribution in [0.5, 0.6) is 0 Å². The topological polar surface area (TPSA) is 102 Å². The van der Waals surface area contributed by atoms with Crippen molar-refractivity contribution in [2.45, 2.75) is 47.5 Å². The largest absolute Gasteiger partial charge is 0.481 e. The first-order chi connectivity index (χ1) is 10.5. The minimum atomic E-state index is -0.889. The molecule has 0 radical (unpaired) electrons. The normalized spacial score (nSPS) is 12.6. The Hall–Kier alpha value is -1.79. The zero-order valence-corrected chi connectivity index (χ0v) is 14.7. The molecule has 0 aliphatic rings. The molecule has 0 aliphatic heterocycles. The number of rotatable bonds is 9. The van der Waals surface area contributed by atoms with Crippen LogP contribution in [0.1, 0.15) is 47.5 Å². The fourth-order valence-electron chi connectivity index (χ4n) is 1.92. The summed E-state index contributed by atoms with van der Waals surface area (Å²) in [6.07, 6.45) is 0.0631. The summed E-state index contributed by atoms with van der Waals surface area (Å²) >= 11 is 0. The molecule has 7 nitrogen and oxygen atoms in total. The Balaban J connectivity index is 4.00. The highest BCUT2D eigenvalue weighted by atomic mass is 16.6. The Kier molecular flexibility index (Phi) is 9.29. The number of carbonyl (C=O) groups is 3. The van der Waals surface area contributed by atoms with Gasteiger partial charge >= 0.3 is 18.0 Å². The van der Waals surface area contributed by atoms with Gasteiger partial charge in [0.25, 0.3) is 0 Å². The molecule has 0 saturated heterocycles. The maximum atomic E-state index is 11.5. The maximum Gasteiger partial charge on any atom is 0.407 e. The Labute approximate surface area is 137 Å². The van der Waals surface area contributed by atoms with Gasteiger partial charge < -0.3 is 19.9 Å². The minimum absolute atomic E-state index is 0.00164. The molecular weight excluding hydrogens is 302 g/mol. The Morgan fingerprint density at radius 2 is 1.65 bits per heavy atom. The SMILES string of the molecule is CC(C)CC(CNC(=O)OCCOC(=O)C(C)(C)C)CC(=O)O. The van der Waals surface area contributed by atoms with Crippen molar-refractivity contribution in [2.24, 2.45) is 17.3 Å². The number of ether oxygens (including phenoxy) is 2. The molecule has 0 aromatic carbocycles. The second-order valence-corrected chi connectivity index (χ2v) is 7.00. The monoisotopic (exact) mass is 331 g/mol. The molecule has 0 spiro atoms. The van der Waals surface area contributed by atoms with Gasteiger partial charge in [0.2, 0.25) is 0 Å². The first-order valence-corrected chi connectivity index (χ1v) is 7.82. The molecule has 0 aromatic heterocycles. The van der Waals surface area contributed by atoms with E-state index < -0.39 is 17.5 Å². The molecule has 0 bridgehead atoms. The molecule has 134 valence electrons. The van der Waals surface area contributed by atoms with Crippen molar-refractivity contribution >= 4 is 18.0 Å². The average Bonchev–Trinajstić information content (AvgIpc) is 2.38. The average molecular weight is 331 g/mol. The number of nitrogens with one attached hydrogen (secondary N) is 1. The predicted octanol–water partition coefficient (Wildman–Crippen LogP) is 2.44. The first kappa shape index (κ1) is 21.2. The van der Waals surface area contributed by atoms with Gasteiger partial charge in [-0.05, 0) is 39.0 Å².